The zero-order chi connectivity index (χ0) is 55.4. The van der Waals surface area contributed by atoms with Crippen LogP contribution in [0.5, 0.6) is 0 Å². The molecule has 11 aliphatic rings. The number of ether oxygens (including phenoxy) is 9. The molecule has 5 aliphatic carbocycles. The van der Waals surface area contributed by atoms with Crippen molar-refractivity contribution < 1.29 is 114 Å². The van der Waals surface area contributed by atoms with Crippen LogP contribution < -0.4 is 0 Å². The van der Waals surface area contributed by atoms with E-state index >= 15 is 0 Å². The summed E-state index contributed by atoms with van der Waals surface area (Å²) in [7, 11) is 0. The molecule has 434 valence electrons. The fourth-order valence-corrected chi connectivity index (χ4v) is 16.8. The summed E-state index contributed by atoms with van der Waals surface area (Å²) in [4.78, 5) is 13.9. The second kappa shape index (κ2) is 19.8. The monoisotopic (exact) mass is 1090 g/mol. The van der Waals surface area contributed by atoms with Crippen molar-refractivity contribution >= 4 is 5.97 Å². The second-order valence-corrected chi connectivity index (χ2v) is 25.9. The van der Waals surface area contributed by atoms with Crippen molar-refractivity contribution in [1.29, 1.82) is 0 Å². The van der Waals surface area contributed by atoms with Crippen LogP contribution in [0.1, 0.15) is 113 Å². The van der Waals surface area contributed by atoms with Gasteiger partial charge in [-0.2, -0.15) is 0 Å². The van der Waals surface area contributed by atoms with Crippen LogP contribution in [-0.4, -0.2) is 232 Å². The maximum Gasteiger partial charge on any atom is 0.317 e. The quantitative estimate of drug-likeness (QED) is 0.0632. The smallest absolute Gasteiger partial charge is 0.317 e. The zero-order valence-electron chi connectivity index (χ0n) is 44.7. The first kappa shape index (κ1) is 57.6. The van der Waals surface area contributed by atoms with Crippen molar-refractivity contribution in [3.8, 4) is 0 Å². The van der Waals surface area contributed by atoms with Crippen LogP contribution in [0.2, 0.25) is 0 Å². The van der Waals surface area contributed by atoms with Gasteiger partial charge in [0.15, 0.2) is 25.2 Å². The average molecular weight is 1090 g/mol. The van der Waals surface area contributed by atoms with Gasteiger partial charge in [0, 0.05) is 0 Å². The van der Waals surface area contributed by atoms with Gasteiger partial charge in [-0.15, -0.1) is 0 Å². The minimum Gasteiger partial charge on any atom is -0.455 e. The predicted octanol–water partition coefficient (Wildman–Crippen LogP) is -2.12. The minimum absolute atomic E-state index is 0.000302. The maximum atomic E-state index is 13.9. The molecule has 0 aromatic heterocycles. The normalized spacial score (nSPS) is 57.0. The summed E-state index contributed by atoms with van der Waals surface area (Å²) >= 11 is 0. The van der Waals surface area contributed by atoms with E-state index < -0.39 is 176 Å². The van der Waals surface area contributed by atoms with E-state index in [1.165, 1.54) is 6.92 Å². The first-order valence-corrected chi connectivity index (χ1v) is 27.4. The third kappa shape index (κ3) is 8.33. The molecule has 23 heteroatoms. The number of aliphatic hydroxyl groups is 13. The van der Waals surface area contributed by atoms with E-state index in [0.717, 1.165) is 18.4 Å². The van der Waals surface area contributed by atoms with Crippen molar-refractivity contribution in [3.63, 3.8) is 0 Å². The zero-order valence-corrected chi connectivity index (χ0v) is 44.7. The molecule has 0 amide bonds. The lowest BCUT2D eigenvalue weighted by molar-refractivity contribution is -0.401. The van der Waals surface area contributed by atoms with Gasteiger partial charge < -0.3 is 109 Å². The molecule has 4 saturated carbocycles. The van der Waals surface area contributed by atoms with Gasteiger partial charge in [0.1, 0.15) is 96.7 Å². The molecule has 29 atom stereocenters. The number of carbonyl (C=O) groups excluding carboxylic acids is 1. The molecule has 6 saturated heterocycles. The maximum absolute atomic E-state index is 13.9. The average Bonchev–Trinajstić information content (AvgIpc) is 3.51. The van der Waals surface area contributed by atoms with Gasteiger partial charge in [0.25, 0.3) is 0 Å². The van der Waals surface area contributed by atoms with Crippen molar-refractivity contribution in [2.45, 2.75) is 253 Å². The fraction of sp³-hybridized carbons (Fsp3) is 0.943. The Morgan fingerprint density at radius 1 is 0.579 bits per heavy atom. The van der Waals surface area contributed by atoms with Crippen LogP contribution in [0.25, 0.3) is 0 Å². The highest BCUT2D eigenvalue weighted by Gasteiger charge is 2.75. The Kier molecular flexibility index (Phi) is 15.0. The highest BCUT2D eigenvalue weighted by atomic mass is 16.8. The third-order valence-electron chi connectivity index (χ3n) is 21.7. The van der Waals surface area contributed by atoms with E-state index in [2.05, 4.69) is 34.6 Å². The summed E-state index contributed by atoms with van der Waals surface area (Å²) in [6.45, 7) is 14.0. The summed E-state index contributed by atoms with van der Waals surface area (Å²) in [5.74, 6) is -0.316. The van der Waals surface area contributed by atoms with E-state index in [4.69, 9.17) is 42.6 Å². The number of fused-ring (bicyclic) bond motifs is 7. The van der Waals surface area contributed by atoms with Gasteiger partial charge in [0.05, 0.1) is 43.5 Å². The predicted molar refractivity (Wildman–Crippen MR) is 256 cm³/mol. The molecule has 0 aromatic carbocycles. The molecule has 11 rings (SSSR count). The van der Waals surface area contributed by atoms with Crippen molar-refractivity contribution in [2.24, 2.45) is 38.9 Å². The lowest BCUT2D eigenvalue weighted by Gasteiger charge is -2.73. The molecule has 6 heterocycles. The molecular formula is C53H84O23. The Morgan fingerprint density at radius 3 is 1.80 bits per heavy atom. The second-order valence-electron chi connectivity index (χ2n) is 25.9. The van der Waals surface area contributed by atoms with Crippen LogP contribution in [0.15, 0.2) is 11.1 Å². The Labute approximate surface area is 441 Å². The molecule has 0 radical (unpaired) electrons. The summed E-state index contributed by atoms with van der Waals surface area (Å²) in [6, 6.07) is 0. The number of rotatable bonds is 10. The van der Waals surface area contributed by atoms with Gasteiger partial charge in [-0.05, 0) is 123 Å². The van der Waals surface area contributed by atoms with Crippen LogP contribution >= 0.6 is 0 Å². The standard InChI is InChI=1S/C53H84O23/c1-21-30(58)33(61)36(64)42(69-21)75-40-38(73-45-39(35(63)32(60)25(19-55)71-45)74-43-37(65)34(62)31(59)24(18-54)70-43)23(57)20-68-44(40)72-28-10-11-48(4)26(47(28,2)3)9-12-49(5)27(48)17-22(56)29-41-52(8,67)51(7)14-16-53(41,46(66)76-51)15-13-50(29,49)6/h21-28,30-40,42-45,54-65,67H,9-20H2,1-8H3/t21-,22+,23-,24?,25+,26?,27?,28-,30?,31+,32?,33+,34?,35-,36+,37+,38-,39?,40?,42-,43-,44?,45?,48-,49+,50?,51?,52-,53?/m0/s1. The van der Waals surface area contributed by atoms with E-state index in [9.17, 15) is 71.2 Å². The number of hydrogen-bond acceptors (Lipinski definition) is 23. The Hall–Kier alpha value is -1.63. The molecule has 10 fully saturated rings. The first-order chi connectivity index (χ1) is 35.5. The molecule has 6 aliphatic heterocycles. The molecular weight excluding hydrogens is 1000 g/mol. The fourth-order valence-electron chi connectivity index (χ4n) is 16.8. The van der Waals surface area contributed by atoms with Crippen LogP contribution in [0.4, 0.5) is 0 Å². The van der Waals surface area contributed by atoms with Gasteiger partial charge >= 0.3 is 5.97 Å². The topological polar surface area (TPSA) is 363 Å². The summed E-state index contributed by atoms with van der Waals surface area (Å²) in [5, 5.41) is 144. The van der Waals surface area contributed by atoms with E-state index in [0.29, 0.717) is 50.5 Å². The molecule has 13 N–H and O–H groups in total. The summed E-state index contributed by atoms with van der Waals surface area (Å²) < 4.78 is 55.5. The van der Waals surface area contributed by atoms with Gasteiger partial charge in [-0.1, -0.05) is 34.6 Å². The van der Waals surface area contributed by atoms with Gasteiger partial charge in [-0.25, -0.2) is 0 Å². The van der Waals surface area contributed by atoms with Gasteiger partial charge in [0.2, 0.25) is 0 Å². The summed E-state index contributed by atoms with van der Waals surface area (Å²) in [5.41, 5.74) is -4.01. The Morgan fingerprint density at radius 2 is 1.16 bits per heavy atom. The van der Waals surface area contributed by atoms with Crippen molar-refractivity contribution in [2.75, 3.05) is 19.8 Å². The van der Waals surface area contributed by atoms with E-state index in [-0.39, 0.29) is 28.6 Å². The molecule has 2 bridgehead atoms. The summed E-state index contributed by atoms with van der Waals surface area (Å²) in [6.07, 6.45) is -28.3. The number of carbonyl (C=O) groups is 1. The Bertz CT molecular complexity index is 2200. The number of hydrogen-bond donors (Lipinski definition) is 13. The van der Waals surface area contributed by atoms with E-state index in [1.807, 2.05) is 0 Å². The van der Waals surface area contributed by atoms with Crippen molar-refractivity contribution in [3.05, 3.63) is 11.1 Å². The van der Waals surface area contributed by atoms with Gasteiger partial charge in [-0.3, -0.25) is 4.79 Å². The van der Waals surface area contributed by atoms with Crippen molar-refractivity contribution in [1.82, 2.24) is 0 Å². The molecule has 76 heavy (non-hydrogen) atoms. The van der Waals surface area contributed by atoms with Crippen LogP contribution in [0.3, 0.4) is 0 Å². The highest BCUT2D eigenvalue weighted by Crippen LogP contribution is 2.77. The largest absolute Gasteiger partial charge is 0.455 e. The third-order valence-corrected chi connectivity index (χ3v) is 21.7. The molecule has 13 unspecified atom stereocenters. The minimum atomic E-state index is -1.97. The lowest BCUT2D eigenvalue weighted by atomic mass is 9.33. The molecule has 0 aromatic rings. The number of aliphatic hydroxyl groups excluding tert-OH is 12. The molecule has 1 spiro atoms. The van der Waals surface area contributed by atoms with Crippen LogP contribution in [0, 0.1) is 38.9 Å². The molecule has 23 nitrogen and oxygen atoms in total. The SMILES string of the molecule is C[C@@H]1O[C@@H](OC2C(O[C@H]3CC[C@@]4(C)C(CC[C@]5(C)C4C[C@@H](O)C4=C6C7(CCC(C)(OC7=O)[C@@]6(C)O)CCC45C)C3(C)C)OC[C@H](O)[C@@H]2OC2O[C@H](CO)C(O)[C@H](O)C2O[C@@H]2OC(CO)[C@@H](O)C(O)[C@H]2O)[C@H](O)[C@H](O)C1O. The lowest BCUT2D eigenvalue weighted by Crippen LogP contribution is -2.72. The first-order valence-electron chi connectivity index (χ1n) is 27.4. The van der Waals surface area contributed by atoms with Crippen LogP contribution in [-0.2, 0) is 47.4 Å². The highest BCUT2D eigenvalue weighted by molar-refractivity contribution is 5.86. The number of esters is 1. The van der Waals surface area contributed by atoms with E-state index in [1.54, 1.807) is 13.8 Å². The Balaban J connectivity index is 0.945.